The first-order valence-electron chi connectivity index (χ1n) is 2.46. The molecule has 0 fully saturated rings. The predicted octanol–water partition coefficient (Wildman–Crippen LogP) is 1.50. The quantitative estimate of drug-likeness (QED) is 0.532. The maximum absolute atomic E-state index is 8.70. The van der Waals surface area contributed by atoms with Crippen LogP contribution in [0.15, 0.2) is 18.2 Å². The molecule has 0 atom stereocenters. The maximum atomic E-state index is 8.70. The van der Waals surface area contributed by atoms with Crippen molar-refractivity contribution in [1.82, 2.24) is 0 Å². The third-order valence-corrected chi connectivity index (χ3v) is 0.952. The van der Waals surface area contributed by atoms with Gasteiger partial charge in [0.2, 0.25) is 0 Å². The maximum Gasteiger partial charge on any atom is 0.123 e. The van der Waals surface area contributed by atoms with Gasteiger partial charge in [0, 0.05) is 6.07 Å². The normalized spacial score (nSPS) is 9.12. The molecule has 8 heavy (non-hydrogen) atoms. The molecule has 1 rings (SSSR count). The van der Waals surface area contributed by atoms with Crippen molar-refractivity contribution < 1.29 is 5.11 Å². The molecule has 41 valence electrons. The standard InChI is InChI=1S/C7H7O/c1-6-2-4-7(8)5-3-6/h2-4,8H,1H3. The summed E-state index contributed by atoms with van der Waals surface area (Å²) < 4.78 is 0. The van der Waals surface area contributed by atoms with Crippen LogP contribution in [0.4, 0.5) is 0 Å². The molecule has 0 amide bonds. The molecular formula is C7H7O. The van der Waals surface area contributed by atoms with E-state index >= 15 is 0 Å². The molecule has 0 bridgehead atoms. The zero-order valence-corrected chi connectivity index (χ0v) is 4.68. The molecule has 0 saturated carbocycles. The summed E-state index contributed by atoms with van der Waals surface area (Å²) in [5.74, 6) is 0.204. The van der Waals surface area contributed by atoms with E-state index in [0.29, 0.717) is 0 Å². The van der Waals surface area contributed by atoms with Crippen LogP contribution in [0.5, 0.6) is 5.75 Å². The van der Waals surface area contributed by atoms with Gasteiger partial charge in [0.25, 0.3) is 0 Å². The Labute approximate surface area is 48.6 Å². The van der Waals surface area contributed by atoms with Crippen LogP contribution in [0.3, 0.4) is 0 Å². The first kappa shape index (κ1) is 5.16. The highest BCUT2D eigenvalue weighted by Gasteiger charge is 1.82. The zero-order valence-electron chi connectivity index (χ0n) is 4.68. The second kappa shape index (κ2) is 1.86. The molecule has 0 unspecified atom stereocenters. The summed E-state index contributed by atoms with van der Waals surface area (Å²) in [6.07, 6.45) is 0. The Morgan fingerprint density at radius 3 is 2.62 bits per heavy atom. The number of hydrogen-bond acceptors (Lipinski definition) is 1. The highest BCUT2D eigenvalue weighted by Crippen LogP contribution is 2.06. The molecular weight excluding hydrogens is 100 g/mol. The summed E-state index contributed by atoms with van der Waals surface area (Å²) in [5, 5.41) is 8.70. The number of phenols is 1. The number of aromatic hydroxyl groups is 1. The number of phenolic OH excluding ortho intramolecular Hbond substituents is 1. The van der Waals surface area contributed by atoms with Gasteiger partial charge in [-0.2, -0.15) is 0 Å². The van der Waals surface area contributed by atoms with Crippen LogP contribution in [0, 0.1) is 13.0 Å². The van der Waals surface area contributed by atoms with E-state index in [1.807, 2.05) is 13.0 Å². The summed E-state index contributed by atoms with van der Waals surface area (Å²) in [7, 11) is 0. The monoisotopic (exact) mass is 107 g/mol. The van der Waals surface area contributed by atoms with Crippen molar-refractivity contribution in [2.24, 2.45) is 0 Å². The molecule has 0 saturated heterocycles. The van der Waals surface area contributed by atoms with Crippen LogP contribution in [0.2, 0.25) is 0 Å². The SMILES string of the molecule is Cc1c[c]c(O)cc1. The molecule has 1 nitrogen and oxygen atoms in total. The van der Waals surface area contributed by atoms with Gasteiger partial charge >= 0.3 is 0 Å². The van der Waals surface area contributed by atoms with Crippen molar-refractivity contribution in [2.75, 3.05) is 0 Å². The molecule has 0 heterocycles. The van der Waals surface area contributed by atoms with E-state index in [2.05, 4.69) is 6.07 Å². The van der Waals surface area contributed by atoms with E-state index < -0.39 is 0 Å². The van der Waals surface area contributed by atoms with E-state index in [0.717, 1.165) is 5.56 Å². The van der Waals surface area contributed by atoms with E-state index in [9.17, 15) is 0 Å². The van der Waals surface area contributed by atoms with Crippen molar-refractivity contribution in [2.45, 2.75) is 6.92 Å². The number of aryl methyl sites for hydroxylation is 1. The first-order chi connectivity index (χ1) is 3.79. The fraction of sp³-hybridized carbons (Fsp3) is 0.143. The van der Waals surface area contributed by atoms with E-state index in [-0.39, 0.29) is 5.75 Å². The van der Waals surface area contributed by atoms with Gasteiger partial charge in [-0.25, -0.2) is 0 Å². The third-order valence-electron chi connectivity index (χ3n) is 0.952. The molecule has 1 N–H and O–H groups in total. The summed E-state index contributed by atoms with van der Waals surface area (Å²) >= 11 is 0. The molecule has 0 spiro atoms. The van der Waals surface area contributed by atoms with Gasteiger partial charge in [0.15, 0.2) is 0 Å². The van der Waals surface area contributed by atoms with E-state index in [4.69, 9.17) is 5.11 Å². The van der Waals surface area contributed by atoms with Crippen LogP contribution in [-0.4, -0.2) is 5.11 Å². The summed E-state index contributed by atoms with van der Waals surface area (Å²) in [4.78, 5) is 0. The van der Waals surface area contributed by atoms with Gasteiger partial charge in [0.05, 0.1) is 0 Å². The van der Waals surface area contributed by atoms with Gasteiger partial charge in [-0.1, -0.05) is 11.6 Å². The third kappa shape index (κ3) is 0.997. The minimum atomic E-state index is 0.204. The molecule has 0 aliphatic carbocycles. The fourth-order valence-electron chi connectivity index (χ4n) is 0.494. The Morgan fingerprint density at radius 2 is 2.25 bits per heavy atom. The molecule has 0 aliphatic rings. The van der Waals surface area contributed by atoms with Crippen molar-refractivity contribution in [3.8, 4) is 5.75 Å². The second-order valence-electron chi connectivity index (χ2n) is 1.75. The molecule has 1 aromatic rings. The van der Waals surface area contributed by atoms with Crippen LogP contribution in [-0.2, 0) is 0 Å². The minimum Gasteiger partial charge on any atom is -0.507 e. The van der Waals surface area contributed by atoms with Crippen LogP contribution in [0.1, 0.15) is 5.56 Å². The van der Waals surface area contributed by atoms with Gasteiger partial charge in [-0.15, -0.1) is 0 Å². The zero-order chi connectivity index (χ0) is 5.98. The highest BCUT2D eigenvalue weighted by atomic mass is 16.3. The molecule has 1 radical (unpaired) electrons. The van der Waals surface area contributed by atoms with Crippen molar-refractivity contribution >= 4 is 0 Å². The van der Waals surface area contributed by atoms with Crippen molar-refractivity contribution in [1.29, 1.82) is 0 Å². The van der Waals surface area contributed by atoms with Gasteiger partial charge < -0.3 is 5.11 Å². The summed E-state index contributed by atoms with van der Waals surface area (Å²) in [6.45, 7) is 1.95. The first-order valence-corrected chi connectivity index (χ1v) is 2.46. The van der Waals surface area contributed by atoms with Gasteiger partial charge in [-0.05, 0) is 19.1 Å². The summed E-state index contributed by atoms with van der Waals surface area (Å²) in [6, 6.07) is 7.86. The van der Waals surface area contributed by atoms with E-state index in [1.165, 1.54) is 0 Å². The topological polar surface area (TPSA) is 20.2 Å². The lowest BCUT2D eigenvalue weighted by molar-refractivity contribution is 0.474. The number of benzene rings is 1. The largest absolute Gasteiger partial charge is 0.507 e. The molecule has 1 heteroatoms. The lowest BCUT2D eigenvalue weighted by Crippen LogP contribution is -1.67. The fourth-order valence-corrected chi connectivity index (χ4v) is 0.494. The number of hydrogen-bond donors (Lipinski definition) is 1. The molecule has 1 aromatic carbocycles. The predicted molar refractivity (Wildman–Crippen MR) is 31.7 cm³/mol. The Bertz CT molecular complexity index is 143. The van der Waals surface area contributed by atoms with Crippen molar-refractivity contribution in [3.05, 3.63) is 29.8 Å². The average Bonchev–Trinajstić information content (AvgIpc) is 1.77. The minimum absolute atomic E-state index is 0.204. The Balaban J connectivity index is 3.03. The Hall–Kier alpha value is -0.980. The number of rotatable bonds is 0. The summed E-state index contributed by atoms with van der Waals surface area (Å²) in [5.41, 5.74) is 1.11. The lowest BCUT2D eigenvalue weighted by Gasteiger charge is -1.88. The highest BCUT2D eigenvalue weighted by molar-refractivity contribution is 5.23. The van der Waals surface area contributed by atoms with Gasteiger partial charge in [0.1, 0.15) is 5.75 Å². The van der Waals surface area contributed by atoms with Crippen LogP contribution in [0.25, 0.3) is 0 Å². The van der Waals surface area contributed by atoms with Crippen LogP contribution >= 0.6 is 0 Å². The molecule has 0 aromatic heterocycles. The lowest BCUT2D eigenvalue weighted by atomic mass is 10.2. The van der Waals surface area contributed by atoms with E-state index in [1.54, 1.807) is 12.1 Å². The smallest absolute Gasteiger partial charge is 0.123 e. The van der Waals surface area contributed by atoms with Crippen molar-refractivity contribution in [3.63, 3.8) is 0 Å². The Morgan fingerprint density at radius 1 is 1.50 bits per heavy atom. The van der Waals surface area contributed by atoms with Crippen LogP contribution < -0.4 is 0 Å². The Kier molecular flexibility index (Phi) is 1.20. The van der Waals surface area contributed by atoms with Gasteiger partial charge in [-0.3, -0.25) is 0 Å². The molecule has 0 aliphatic heterocycles. The average molecular weight is 107 g/mol. The second-order valence-corrected chi connectivity index (χ2v) is 1.75.